The average Bonchev–Trinajstić information content (AvgIpc) is 3.13. The molecule has 0 saturated heterocycles. The van der Waals surface area contributed by atoms with Crippen LogP contribution >= 0.6 is 0 Å². The molecule has 1 aliphatic carbocycles. The van der Waals surface area contributed by atoms with Crippen LogP contribution < -0.4 is 5.32 Å². The summed E-state index contributed by atoms with van der Waals surface area (Å²) in [6, 6.07) is 23.3. The molecule has 0 bridgehead atoms. The smallest absolute Gasteiger partial charge is 0.407 e. The van der Waals surface area contributed by atoms with E-state index in [2.05, 4.69) is 41.4 Å². The van der Waals surface area contributed by atoms with Crippen molar-refractivity contribution >= 4 is 12.1 Å². The molecule has 3 aromatic rings. The van der Waals surface area contributed by atoms with Crippen LogP contribution in [0.5, 0.6) is 0 Å². The van der Waals surface area contributed by atoms with Crippen LogP contribution in [0.1, 0.15) is 53.7 Å². The van der Waals surface area contributed by atoms with Crippen LogP contribution in [0.4, 0.5) is 4.79 Å². The maximum Gasteiger partial charge on any atom is 0.407 e. The van der Waals surface area contributed by atoms with Gasteiger partial charge in [-0.15, -0.1) is 0 Å². The summed E-state index contributed by atoms with van der Waals surface area (Å²) in [7, 11) is 0. The second-order valence-corrected chi connectivity index (χ2v) is 9.06. The van der Waals surface area contributed by atoms with Gasteiger partial charge in [0.25, 0.3) is 0 Å². The molecule has 0 spiro atoms. The lowest BCUT2D eigenvalue weighted by atomic mass is 9.98. The fourth-order valence-corrected chi connectivity index (χ4v) is 3.97. The van der Waals surface area contributed by atoms with E-state index < -0.39 is 17.7 Å². The number of fused-ring (bicyclic) bond motifs is 3. The third kappa shape index (κ3) is 5.47. The van der Waals surface area contributed by atoms with Crippen LogP contribution in [0, 0.1) is 11.8 Å². The lowest BCUT2D eigenvalue weighted by Gasteiger charge is -2.19. The summed E-state index contributed by atoms with van der Waals surface area (Å²) in [5.41, 5.74) is 5.25. The molecule has 1 N–H and O–H groups in total. The summed E-state index contributed by atoms with van der Waals surface area (Å²) in [5.74, 6) is 5.46. The first-order valence-electron chi connectivity index (χ1n) is 11.2. The highest BCUT2D eigenvalue weighted by Crippen LogP contribution is 2.44. The lowest BCUT2D eigenvalue weighted by molar-refractivity contribution is 0.00694. The van der Waals surface area contributed by atoms with Gasteiger partial charge in [0.05, 0.1) is 12.1 Å². The third-order valence-electron chi connectivity index (χ3n) is 5.39. The second-order valence-electron chi connectivity index (χ2n) is 9.06. The van der Waals surface area contributed by atoms with Crippen molar-refractivity contribution in [1.29, 1.82) is 0 Å². The molecule has 0 aliphatic heterocycles. The van der Waals surface area contributed by atoms with Crippen molar-refractivity contribution < 1.29 is 19.1 Å². The molecule has 0 heterocycles. The fraction of sp³-hybridized carbons (Fsp3) is 0.241. The van der Waals surface area contributed by atoms with Gasteiger partial charge in [-0.05, 0) is 61.2 Å². The molecule has 4 rings (SSSR count). The van der Waals surface area contributed by atoms with Crippen LogP contribution in [0.25, 0.3) is 11.1 Å². The molecule has 1 aliphatic rings. The minimum absolute atomic E-state index is 0.0137. The average molecular weight is 454 g/mol. The Hall–Kier alpha value is -4.04. The Labute approximate surface area is 200 Å². The summed E-state index contributed by atoms with van der Waals surface area (Å²) >= 11 is 0. The number of hydrogen-bond acceptors (Lipinski definition) is 4. The standard InChI is InChI=1S/C29H27NO4/c1-29(2,3)34-27(31)21-12-8-10-20(18-21)11-9-17-30-28(32)33-19-26-24-15-6-4-13-22(24)23-14-5-7-16-25(23)26/h4-8,10,12-16,18,26H,17,19H2,1-3H3,(H,30,32). The summed E-state index contributed by atoms with van der Waals surface area (Å²) in [5, 5.41) is 2.67. The van der Waals surface area contributed by atoms with E-state index in [1.54, 1.807) is 24.3 Å². The van der Waals surface area contributed by atoms with Gasteiger partial charge in [-0.1, -0.05) is 66.4 Å². The maximum atomic E-state index is 12.2. The van der Waals surface area contributed by atoms with Gasteiger partial charge in [-0.2, -0.15) is 0 Å². The highest BCUT2D eigenvalue weighted by Gasteiger charge is 2.28. The number of benzene rings is 3. The van der Waals surface area contributed by atoms with E-state index in [1.165, 1.54) is 22.3 Å². The molecule has 5 heteroatoms. The molecule has 172 valence electrons. The molecule has 0 atom stereocenters. The van der Waals surface area contributed by atoms with Gasteiger partial charge in [0.2, 0.25) is 0 Å². The maximum absolute atomic E-state index is 12.2. The number of carbonyl (C=O) groups is 2. The van der Waals surface area contributed by atoms with Gasteiger partial charge < -0.3 is 14.8 Å². The van der Waals surface area contributed by atoms with Gasteiger partial charge in [0.1, 0.15) is 12.2 Å². The Morgan fingerprint density at radius 2 is 1.56 bits per heavy atom. The molecule has 0 radical (unpaired) electrons. The first-order chi connectivity index (χ1) is 16.3. The quantitative estimate of drug-likeness (QED) is 0.417. The van der Waals surface area contributed by atoms with Gasteiger partial charge in [-0.3, -0.25) is 0 Å². The molecule has 0 unspecified atom stereocenters. The molecule has 0 fully saturated rings. The van der Waals surface area contributed by atoms with Crippen LogP contribution in [0.2, 0.25) is 0 Å². The van der Waals surface area contributed by atoms with Gasteiger partial charge >= 0.3 is 12.1 Å². The predicted octanol–water partition coefficient (Wildman–Crippen LogP) is 5.53. The lowest BCUT2D eigenvalue weighted by Crippen LogP contribution is -2.26. The SMILES string of the molecule is CC(C)(C)OC(=O)c1cccc(C#CCNC(=O)OCC2c3ccccc3-c3ccccc32)c1. The molecule has 5 nitrogen and oxygen atoms in total. The van der Waals surface area contributed by atoms with Crippen molar-refractivity contribution in [2.24, 2.45) is 0 Å². The highest BCUT2D eigenvalue weighted by atomic mass is 16.6. The van der Waals surface area contributed by atoms with E-state index in [9.17, 15) is 9.59 Å². The molecule has 3 aromatic carbocycles. The van der Waals surface area contributed by atoms with E-state index in [0.29, 0.717) is 11.1 Å². The number of esters is 1. The zero-order chi connectivity index (χ0) is 24.1. The van der Waals surface area contributed by atoms with Crippen LogP contribution in [0.3, 0.4) is 0 Å². The van der Waals surface area contributed by atoms with Crippen molar-refractivity contribution in [2.75, 3.05) is 13.2 Å². The first kappa shape index (κ1) is 23.1. The second kappa shape index (κ2) is 9.84. The molecule has 0 saturated carbocycles. The van der Waals surface area contributed by atoms with Gasteiger partial charge in [0.15, 0.2) is 0 Å². The Balaban J connectivity index is 1.31. The molecular weight excluding hydrogens is 426 g/mol. The van der Waals surface area contributed by atoms with E-state index in [0.717, 1.165) is 0 Å². The normalized spacial score (nSPS) is 12.1. The number of amides is 1. The van der Waals surface area contributed by atoms with Gasteiger partial charge in [0, 0.05) is 11.5 Å². The van der Waals surface area contributed by atoms with Crippen LogP contribution in [-0.4, -0.2) is 30.8 Å². The van der Waals surface area contributed by atoms with E-state index >= 15 is 0 Å². The summed E-state index contributed by atoms with van der Waals surface area (Å²) in [4.78, 5) is 24.5. The summed E-state index contributed by atoms with van der Waals surface area (Å²) in [6.45, 7) is 5.86. The molecule has 1 amide bonds. The zero-order valence-corrected chi connectivity index (χ0v) is 19.6. The molecule has 34 heavy (non-hydrogen) atoms. The van der Waals surface area contributed by atoms with Crippen molar-refractivity contribution in [3.05, 3.63) is 95.1 Å². The molecule has 0 aromatic heterocycles. The summed E-state index contributed by atoms with van der Waals surface area (Å²) in [6.07, 6.45) is -0.515. The Kier molecular flexibility index (Phi) is 6.70. The van der Waals surface area contributed by atoms with Crippen LogP contribution in [0.15, 0.2) is 72.8 Å². The summed E-state index contributed by atoms with van der Waals surface area (Å²) < 4.78 is 10.9. The number of hydrogen-bond donors (Lipinski definition) is 1. The Morgan fingerprint density at radius 1 is 0.912 bits per heavy atom. The van der Waals surface area contributed by atoms with Crippen LogP contribution in [-0.2, 0) is 9.47 Å². The fourth-order valence-electron chi connectivity index (χ4n) is 3.97. The topological polar surface area (TPSA) is 64.6 Å². The van der Waals surface area contributed by atoms with Gasteiger partial charge in [-0.25, -0.2) is 9.59 Å². The van der Waals surface area contributed by atoms with Crippen molar-refractivity contribution in [2.45, 2.75) is 32.3 Å². The highest BCUT2D eigenvalue weighted by molar-refractivity contribution is 5.90. The monoisotopic (exact) mass is 453 g/mol. The van der Waals surface area contributed by atoms with E-state index in [1.807, 2.05) is 45.0 Å². The van der Waals surface area contributed by atoms with Crippen molar-refractivity contribution in [3.8, 4) is 23.0 Å². The zero-order valence-electron chi connectivity index (χ0n) is 19.6. The first-order valence-corrected chi connectivity index (χ1v) is 11.2. The Morgan fingerprint density at radius 3 is 2.21 bits per heavy atom. The minimum Gasteiger partial charge on any atom is -0.456 e. The Bertz CT molecular complexity index is 1230. The van der Waals surface area contributed by atoms with E-state index in [4.69, 9.17) is 9.47 Å². The minimum atomic E-state index is -0.564. The number of rotatable bonds is 4. The predicted molar refractivity (Wildman–Crippen MR) is 132 cm³/mol. The number of nitrogens with one attached hydrogen (secondary N) is 1. The largest absolute Gasteiger partial charge is 0.456 e. The third-order valence-corrected chi connectivity index (χ3v) is 5.39. The van der Waals surface area contributed by atoms with Crippen molar-refractivity contribution in [3.63, 3.8) is 0 Å². The number of carbonyl (C=O) groups excluding carboxylic acids is 2. The van der Waals surface area contributed by atoms with Crippen molar-refractivity contribution in [1.82, 2.24) is 5.32 Å². The number of alkyl carbamates (subject to hydrolysis) is 1. The van der Waals surface area contributed by atoms with E-state index in [-0.39, 0.29) is 19.1 Å². The molecular formula is C29H27NO4. The number of ether oxygens (including phenoxy) is 2.